The minimum atomic E-state index is -0.654. The zero-order chi connectivity index (χ0) is 19.7. The molecule has 0 unspecified atom stereocenters. The van der Waals surface area contributed by atoms with Gasteiger partial charge in [-0.15, -0.1) is 0 Å². The lowest BCUT2D eigenvalue weighted by atomic mass is 9.83. The van der Waals surface area contributed by atoms with Gasteiger partial charge >= 0.3 is 0 Å². The zero-order valence-corrected chi connectivity index (χ0v) is 17.4. The summed E-state index contributed by atoms with van der Waals surface area (Å²) in [6.07, 6.45) is 3.63. The summed E-state index contributed by atoms with van der Waals surface area (Å²) in [6, 6.07) is 7.92. The molecule has 1 aromatic rings. The van der Waals surface area contributed by atoms with Crippen molar-refractivity contribution in [1.29, 1.82) is 0 Å². The molecule has 1 N–H and O–H groups in total. The summed E-state index contributed by atoms with van der Waals surface area (Å²) in [6.45, 7) is 8.65. The molecule has 2 aliphatic rings. The Hall–Kier alpha value is -1.43. The van der Waals surface area contributed by atoms with E-state index < -0.39 is 5.60 Å². The van der Waals surface area contributed by atoms with Gasteiger partial charge in [-0.25, -0.2) is 0 Å². The Morgan fingerprint density at radius 3 is 2.30 bits per heavy atom. The van der Waals surface area contributed by atoms with Crippen LogP contribution < -0.4 is 0 Å². The number of hydrogen-bond donors (Lipinski definition) is 1. The van der Waals surface area contributed by atoms with Crippen molar-refractivity contribution in [3.8, 4) is 0 Å². The van der Waals surface area contributed by atoms with Crippen LogP contribution in [0.4, 0.5) is 0 Å². The molecule has 0 aromatic heterocycles. The van der Waals surface area contributed by atoms with Crippen LogP contribution in [-0.2, 0) is 6.42 Å². The van der Waals surface area contributed by atoms with Crippen molar-refractivity contribution in [1.82, 2.24) is 14.7 Å². The number of likely N-dealkylation sites (N-methyl/N-ethyl adjacent to an activating group) is 2. The molecule has 2 heterocycles. The first kappa shape index (κ1) is 20.3. The number of rotatable bonds is 4. The highest BCUT2D eigenvalue weighted by Crippen LogP contribution is 2.31. The number of hydrogen-bond acceptors (Lipinski definition) is 4. The smallest absolute Gasteiger partial charge is 0.253 e. The first-order valence-corrected chi connectivity index (χ1v) is 10.2. The van der Waals surface area contributed by atoms with Crippen LogP contribution in [-0.4, -0.2) is 83.7 Å². The largest absolute Gasteiger partial charge is 0.390 e. The maximum atomic E-state index is 12.9. The number of carbonyl (C=O) groups is 1. The van der Waals surface area contributed by atoms with Crippen LogP contribution in [0.3, 0.4) is 0 Å². The fraction of sp³-hybridized carbons (Fsp3) is 0.682. The average Bonchev–Trinajstić information content (AvgIpc) is 2.63. The molecule has 1 amide bonds. The van der Waals surface area contributed by atoms with Crippen molar-refractivity contribution in [2.75, 3.05) is 46.8 Å². The highest BCUT2D eigenvalue weighted by Gasteiger charge is 2.42. The fourth-order valence-corrected chi connectivity index (χ4v) is 4.37. The van der Waals surface area contributed by atoms with E-state index in [2.05, 4.69) is 23.9 Å². The SMILES string of the molecule is CN1CCN(C)C2(CCN(C(=O)c3ccc(CCC(C)(C)O)cc3)CC2)C1. The van der Waals surface area contributed by atoms with Gasteiger partial charge in [-0.05, 0) is 71.3 Å². The van der Waals surface area contributed by atoms with Gasteiger partial charge in [-0.1, -0.05) is 12.1 Å². The molecule has 1 spiro atoms. The number of amides is 1. The van der Waals surface area contributed by atoms with Crippen LogP contribution >= 0.6 is 0 Å². The first-order chi connectivity index (χ1) is 12.7. The number of aliphatic hydroxyl groups is 1. The van der Waals surface area contributed by atoms with Gasteiger partial charge in [0, 0.05) is 43.8 Å². The molecule has 0 bridgehead atoms. The quantitative estimate of drug-likeness (QED) is 0.879. The van der Waals surface area contributed by atoms with E-state index in [4.69, 9.17) is 0 Å². The molecular formula is C22H35N3O2. The Morgan fingerprint density at radius 1 is 1.07 bits per heavy atom. The summed E-state index contributed by atoms with van der Waals surface area (Å²) in [4.78, 5) is 19.8. The van der Waals surface area contributed by atoms with Gasteiger partial charge in [-0.3, -0.25) is 9.69 Å². The molecule has 5 heteroatoms. The van der Waals surface area contributed by atoms with Crippen LogP contribution in [0.1, 0.15) is 49.0 Å². The molecule has 3 rings (SSSR count). The number of likely N-dealkylation sites (tertiary alicyclic amines) is 1. The van der Waals surface area contributed by atoms with Crippen LogP contribution in [0.2, 0.25) is 0 Å². The topological polar surface area (TPSA) is 47.0 Å². The Balaban J connectivity index is 1.57. The van der Waals surface area contributed by atoms with Crippen LogP contribution in [0.5, 0.6) is 0 Å². The zero-order valence-electron chi connectivity index (χ0n) is 17.4. The standard InChI is InChI=1S/C22H35N3O2/c1-21(2,27)10-9-18-5-7-19(8-6-18)20(26)25-13-11-22(12-14-25)17-23(3)15-16-24(22)4/h5-8,27H,9-17H2,1-4H3. The van der Waals surface area contributed by atoms with Crippen molar-refractivity contribution in [2.24, 2.45) is 0 Å². The third-order valence-corrected chi connectivity index (χ3v) is 6.40. The lowest BCUT2D eigenvalue weighted by Gasteiger charge is -2.52. The summed E-state index contributed by atoms with van der Waals surface area (Å²) in [7, 11) is 4.43. The molecule has 150 valence electrons. The van der Waals surface area contributed by atoms with Gasteiger partial charge in [0.05, 0.1) is 5.60 Å². The molecule has 1 aromatic carbocycles. The number of nitrogens with zero attached hydrogens (tertiary/aromatic N) is 3. The number of piperidine rings is 1. The van der Waals surface area contributed by atoms with Crippen molar-refractivity contribution in [3.05, 3.63) is 35.4 Å². The summed E-state index contributed by atoms with van der Waals surface area (Å²) < 4.78 is 0. The van der Waals surface area contributed by atoms with E-state index >= 15 is 0 Å². The van der Waals surface area contributed by atoms with E-state index in [9.17, 15) is 9.90 Å². The second kappa shape index (κ2) is 7.90. The molecule has 0 atom stereocenters. The van der Waals surface area contributed by atoms with E-state index in [1.807, 2.05) is 43.0 Å². The van der Waals surface area contributed by atoms with Crippen molar-refractivity contribution < 1.29 is 9.90 Å². The second-order valence-corrected chi connectivity index (χ2v) is 9.19. The molecule has 2 fully saturated rings. The predicted octanol–water partition coefficient (Wildman–Crippen LogP) is 2.24. The average molecular weight is 374 g/mol. The van der Waals surface area contributed by atoms with Crippen LogP contribution in [0.25, 0.3) is 0 Å². The van der Waals surface area contributed by atoms with Gasteiger partial charge in [0.25, 0.3) is 5.91 Å². The summed E-state index contributed by atoms with van der Waals surface area (Å²) in [5.41, 5.74) is 1.51. The predicted molar refractivity (Wildman–Crippen MR) is 109 cm³/mol. The molecule has 0 saturated carbocycles. The maximum absolute atomic E-state index is 12.9. The van der Waals surface area contributed by atoms with Gasteiger partial charge < -0.3 is 14.9 Å². The van der Waals surface area contributed by atoms with E-state index in [1.54, 1.807) is 0 Å². The molecule has 2 aliphatic heterocycles. The van der Waals surface area contributed by atoms with Crippen molar-refractivity contribution in [3.63, 3.8) is 0 Å². The molecule has 27 heavy (non-hydrogen) atoms. The Labute approximate surface area is 163 Å². The van der Waals surface area contributed by atoms with Crippen LogP contribution in [0, 0.1) is 0 Å². The van der Waals surface area contributed by atoms with Gasteiger partial charge in [0.1, 0.15) is 0 Å². The highest BCUT2D eigenvalue weighted by molar-refractivity contribution is 5.94. The van der Waals surface area contributed by atoms with E-state index in [0.717, 1.165) is 69.5 Å². The molecule has 5 nitrogen and oxygen atoms in total. The Morgan fingerprint density at radius 2 is 1.70 bits per heavy atom. The Kier molecular flexibility index (Phi) is 5.94. The van der Waals surface area contributed by atoms with Gasteiger partial charge in [-0.2, -0.15) is 0 Å². The van der Waals surface area contributed by atoms with Crippen molar-refractivity contribution in [2.45, 2.75) is 50.7 Å². The summed E-state index contributed by atoms with van der Waals surface area (Å²) in [5.74, 6) is 0.144. The Bertz CT molecular complexity index is 643. The fourth-order valence-electron chi connectivity index (χ4n) is 4.37. The van der Waals surface area contributed by atoms with E-state index in [0.29, 0.717) is 0 Å². The lowest BCUT2D eigenvalue weighted by molar-refractivity contribution is -0.0157. The van der Waals surface area contributed by atoms with Gasteiger partial charge in [0.15, 0.2) is 0 Å². The molecule has 2 saturated heterocycles. The molecular weight excluding hydrogens is 338 g/mol. The number of piperazine rings is 1. The first-order valence-electron chi connectivity index (χ1n) is 10.2. The molecule has 0 radical (unpaired) electrons. The second-order valence-electron chi connectivity index (χ2n) is 9.19. The maximum Gasteiger partial charge on any atom is 0.253 e. The summed E-state index contributed by atoms with van der Waals surface area (Å²) >= 11 is 0. The van der Waals surface area contributed by atoms with Gasteiger partial charge in [0.2, 0.25) is 0 Å². The number of carbonyl (C=O) groups excluding carboxylic acids is 1. The minimum absolute atomic E-state index is 0.144. The van der Waals surface area contributed by atoms with Crippen molar-refractivity contribution >= 4 is 5.91 Å². The third-order valence-electron chi connectivity index (χ3n) is 6.40. The third kappa shape index (κ3) is 4.89. The van der Waals surface area contributed by atoms with Crippen LogP contribution in [0.15, 0.2) is 24.3 Å². The highest BCUT2D eigenvalue weighted by atomic mass is 16.3. The van der Waals surface area contributed by atoms with E-state index in [-0.39, 0.29) is 11.4 Å². The molecule has 0 aliphatic carbocycles. The van der Waals surface area contributed by atoms with E-state index in [1.165, 1.54) is 0 Å². The monoisotopic (exact) mass is 373 g/mol. The minimum Gasteiger partial charge on any atom is -0.390 e. The summed E-state index contributed by atoms with van der Waals surface area (Å²) in [5, 5.41) is 9.86. The number of benzene rings is 1. The normalized spacial score (nSPS) is 21.6. The number of aryl methyl sites for hydroxylation is 1. The lowest BCUT2D eigenvalue weighted by Crippen LogP contribution is -2.64.